The number of hydrogen-bond donors (Lipinski definition) is 1. The summed E-state index contributed by atoms with van der Waals surface area (Å²) in [6.07, 6.45) is 12.2. The van der Waals surface area contributed by atoms with E-state index in [1.807, 2.05) is 11.3 Å². The van der Waals surface area contributed by atoms with Gasteiger partial charge in [-0.05, 0) is 68.8 Å². The van der Waals surface area contributed by atoms with Gasteiger partial charge in [0.15, 0.2) is 0 Å². The van der Waals surface area contributed by atoms with Crippen LogP contribution in [0.1, 0.15) is 62.8 Å². The Kier molecular flexibility index (Phi) is 4.27. The number of aryl methyl sites for hydroxylation is 2. The van der Waals surface area contributed by atoms with Crippen LogP contribution in [0.2, 0.25) is 0 Å². The Hall–Kier alpha value is -1.16. The zero-order valence-corrected chi connectivity index (χ0v) is 15.1. The van der Waals surface area contributed by atoms with E-state index in [2.05, 4.69) is 29.1 Å². The normalized spacial score (nSPS) is 24.3. The lowest BCUT2D eigenvalue weighted by Gasteiger charge is -2.30. The highest BCUT2D eigenvalue weighted by Crippen LogP contribution is 2.40. The third-order valence-electron chi connectivity index (χ3n) is 5.49. The molecule has 0 unspecified atom stereocenters. The summed E-state index contributed by atoms with van der Waals surface area (Å²) >= 11 is 1.88. The molecule has 4 heteroatoms. The molecule has 2 aromatic heterocycles. The number of nitrogens with zero attached hydrogens (tertiary/aromatic N) is 2. The van der Waals surface area contributed by atoms with E-state index in [0.29, 0.717) is 6.04 Å². The molecule has 0 aliphatic heterocycles. The van der Waals surface area contributed by atoms with Crippen LogP contribution in [-0.2, 0) is 12.8 Å². The monoisotopic (exact) mass is 329 g/mol. The molecule has 124 valence electrons. The van der Waals surface area contributed by atoms with Gasteiger partial charge in [0.25, 0.3) is 0 Å². The molecule has 0 amide bonds. The molecule has 2 heterocycles. The van der Waals surface area contributed by atoms with E-state index in [0.717, 1.165) is 17.7 Å². The highest BCUT2D eigenvalue weighted by molar-refractivity contribution is 7.19. The number of fused-ring (bicyclic) bond motifs is 3. The molecule has 4 rings (SSSR count). The second kappa shape index (κ2) is 6.39. The van der Waals surface area contributed by atoms with Gasteiger partial charge in [0, 0.05) is 10.9 Å². The lowest BCUT2D eigenvalue weighted by molar-refractivity contribution is 0.291. The number of rotatable bonds is 4. The minimum atomic E-state index is 0.591. The molecular weight excluding hydrogens is 302 g/mol. The largest absolute Gasteiger partial charge is 0.367 e. The average Bonchev–Trinajstić information content (AvgIpc) is 3.09. The van der Waals surface area contributed by atoms with Crippen molar-refractivity contribution >= 4 is 27.4 Å². The Morgan fingerprint density at radius 1 is 1.17 bits per heavy atom. The lowest BCUT2D eigenvalue weighted by atomic mass is 9.81. The van der Waals surface area contributed by atoms with Gasteiger partial charge in [-0.1, -0.05) is 13.8 Å². The van der Waals surface area contributed by atoms with Crippen LogP contribution in [0.5, 0.6) is 0 Å². The van der Waals surface area contributed by atoms with Gasteiger partial charge in [-0.15, -0.1) is 11.3 Å². The van der Waals surface area contributed by atoms with Crippen LogP contribution in [0, 0.1) is 11.8 Å². The molecule has 0 bridgehead atoms. The lowest BCUT2D eigenvalue weighted by Crippen LogP contribution is -2.27. The molecule has 0 spiro atoms. The van der Waals surface area contributed by atoms with E-state index in [1.165, 1.54) is 67.1 Å². The maximum absolute atomic E-state index is 4.60. The molecule has 2 aliphatic rings. The Morgan fingerprint density at radius 3 is 2.78 bits per heavy atom. The molecule has 0 atom stereocenters. The Labute approximate surface area is 142 Å². The summed E-state index contributed by atoms with van der Waals surface area (Å²) in [6, 6.07) is 0.591. The second-order valence-electron chi connectivity index (χ2n) is 7.75. The van der Waals surface area contributed by atoms with Crippen LogP contribution < -0.4 is 5.32 Å². The molecule has 0 radical (unpaired) electrons. The smallest absolute Gasteiger partial charge is 0.138 e. The van der Waals surface area contributed by atoms with Crippen molar-refractivity contribution in [2.75, 3.05) is 5.32 Å². The van der Waals surface area contributed by atoms with Gasteiger partial charge in [0.1, 0.15) is 17.0 Å². The summed E-state index contributed by atoms with van der Waals surface area (Å²) in [7, 11) is 0. The fourth-order valence-electron chi connectivity index (χ4n) is 4.44. The summed E-state index contributed by atoms with van der Waals surface area (Å²) in [6.45, 7) is 4.69. The topological polar surface area (TPSA) is 37.8 Å². The van der Waals surface area contributed by atoms with E-state index >= 15 is 0 Å². The fraction of sp³-hybridized carbons (Fsp3) is 0.684. The number of anilines is 1. The van der Waals surface area contributed by atoms with Crippen molar-refractivity contribution in [1.29, 1.82) is 0 Å². The molecule has 1 N–H and O–H groups in total. The van der Waals surface area contributed by atoms with E-state index in [4.69, 9.17) is 0 Å². The van der Waals surface area contributed by atoms with Crippen LogP contribution in [0.15, 0.2) is 6.33 Å². The van der Waals surface area contributed by atoms with E-state index in [-0.39, 0.29) is 0 Å². The first-order valence-corrected chi connectivity index (χ1v) is 10.0. The first kappa shape index (κ1) is 15.4. The molecule has 1 saturated carbocycles. The number of aromatic nitrogens is 2. The van der Waals surface area contributed by atoms with E-state index in [1.54, 1.807) is 11.2 Å². The highest BCUT2D eigenvalue weighted by atomic mass is 32.1. The molecule has 23 heavy (non-hydrogen) atoms. The molecule has 0 aromatic carbocycles. The van der Waals surface area contributed by atoms with Crippen LogP contribution >= 0.6 is 11.3 Å². The van der Waals surface area contributed by atoms with Crippen molar-refractivity contribution in [3.8, 4) is 0 Å². The summed E-state index contributed by atoms with van der Waals surface area (Å²) in [5, 5.41) is 5.10. The minimum absolute atomic E-state index is 0.591. The van der Waals surface area contributed by atoms with Crippen molar-refractivity contribution in [2.45, 2.75) is 71.3 Å². The zero-order valence-electron chi connectivity index (χ0n) is 14.3. The predicted molar refractivity (Wildman–Crippen MR) is 98.3 cm³/mol. The molecule has 2 aromatic rings. The number of nitrogens with one attached hydrogen (secondary N) is 1. The molecule has 1 fully saturated rings. The van der Waals surface area contributed by atoms with Crippen molar-refractivity contribution in [1.82, 2.24) is 9.97 Å². The number of thiophene rings is 1. The van der Waals surface area contributed by atoms with Crippen LogP contribution in [-0.4, -0.2) is 16.0 Å². The highest BCUT2D eigenvalue weighted by Gasteiger charge is 2.25. The molecule has 2 aliphatic carbocycles. The standard InChI is InChI=1S/C19H27N3S/c1-12(2)10-13-6-8-14(9-7-13)22-18-17-15-4-3-5-16(15)23-19(17)21-11-20-18/h11-14H,3-10H2,1-2H3,(H,20,21,22). The summed E-state index contributed by atoms with van der Waals surface area (Å²) in [5.74, 6) is 2.87. The third kappa shape index (κ3) is 3.10. The third-order valence-corrected chi connectivity index (χ3v) is 6.69. The summed E-state index contributed by atoms with van der Waals surface area (Å²) in [4.78, 5) is 11.8. The zero-order chi connectivity index (χ0) is 15.8. The van der Waals surface area contributed by atoms with Crippen LogP contribution in [0.25, 0.3) is 10.2 Å². The minimum Gasteiger partial charge on any atom is -0.367 e. The van der Waals surface area contributed by atoms with Gasteiger partial charge in [-0.2, -0.15) is 0 Å². The van der Waals surface area contributed by atoms with Crippen molar-refractivity contribution < 1.29 is 0 Å². The SMILES string of the molecule is CC(C)CC1CCC(Nc2ncnc3sc4c(c23)CCC4)CC1. The predicted octanol–water partition coefficient (Wildman–Crippen LogP) is 5.20. The van der Waals surface area contributed by atoms with E-state index < -0.39 is 0 Å². The van der Waals surface area contributed by atoms with Gasteiger partial charge >= 0.3 is 0 Å². The van der Waals surface area contributed by atoms with E-state index in [9.17, 15) is 0 Å². The summed E-state index contributed by atoms with van der Waals surface area (Å²) < 4.78 is 0. The quantitative estimate of drug-likeness (QED) is 0.838. The maximum Gasteiger partial charge on any atom is 0.138 e. The fourth-order valence-corrected chi connectivity index (χ4v) is 5.67. The first-order chi connectivity index (χ1) is 11.2. The molecule has 3 nitrogen and oxygen atoms in total. The Bertz CT molecular complexity index is 683. The van der Waals surface area contributed by atoms with Gasteiger partial charge < -0.3 is 5.32 Å². The molecule has 0 saturated heterocycles. The van der Waals surface area contributed by atoms with Crippen molar-refractivity contribution in [3.05, 3.63) is 16.8 Å². The summed E-state index contributed by atoms with van der Waals surface area (Å²) in [5.41, 5.74) is 1.53. The van der Waals surface area contributed by atoms with Gasteiger partial charge in [0.2, 0.25) is 0 Å². The van der Waals surface area contributed by atoms with Crippen molar-refractivity contribution in [3.63, 3.8) is 0 Å². The Balaban J connectivity index is 1.49. The Morgan fingerprint density at radius 2 is 2.00 bits per heavy atom. The van der Waals surface area contributed by atoms with Gasteiger partial charge in [0.05, 0.1) is 5.39 Å². The number of hydrogen-bond acceptors (Lipinski definition) is 4. The van der Waals surface area contributed by atoms with Crippen molar-refractivity contribution in [2.24, 2.45) is 11.8 Å². The van der Waals surface area contributed by atoms with Crippen LogP contribution in [0.4, 0.5) is 5.82 Å². The maximum atomic E-state index is 4.60. The average molecular weight is 330 g/mol. The van der Waals surface area contributed by atoms with Crippen LogP contribution in [0.3, 0.4) is 0 Å². The second-order valence-corrected chi connectivity index (χ2v) is 8.83. The molecular formula is C19H27N3S. The van der Waals surface area contributed by atoms with Gasteiger partial charge in [-0.3, -0.25) is 0 Å². The van der Waals surface area contributed by atoms with Gasteiger partial charge in [-0.25, -0.2) is 9.97 Å². The first-order valence-electron chi connectivity index (χ1n) is 9.22.